The molecule has 86 valence electrons. The second-order valence-corrected chi connectivity index (χ2v) is 4.28. The van der Waals surface area contributed by atoms with Crippen LogP contribution in [0.25, 0.3) is 0 Å². The quantitative estimate of drug-likeness (QED) is 0.675. The van der Waals surface area contributed by atoms with E-state index in [0.29, 0.717) is 0 Å². The van der Waals surface area contributed by atoms with Crippen molar-refractivity contribution in [3.05, 3.63) is 23.8 Å². The summed E-state index contributed by atoms with van der Waals surface area (Å²) >= 11 is 0. The number of fused-ring (bicyclic) bond motifs is 1. The van der Waals surface area contributed by atoms with Gasteiger partial charge >= 0.3 is 6.03 Å². The molecule has 0 aliphatic carbocycles. The Morgan fingerprint density at radius 2 is 2.19 bits per heavy atom. The predicted molar refractivity (Wildman–Crippen MR) is 65.6 cm³/mol. The molecule has 0 aromatic heterocycles. The van der Waals surface area contributed by atoms with E-state index in [2.05, 4.69) is 0 Å². The van der Waals surface area contributed by atoms with Gasteiger partial charge in [-0.3, -0.25) is 4.90 Å². The number of rotatable bonds is 0. The van der Waals surface area contributed by atoms with E-state index >= 15 is 0 Å². The van der Waals surface area contributed by atoms with Crippen molar-refractivity contribution >= 4 is 17.4 Å². The van der Waals surface area contributed by atoms with Gasteiger partial charge < -0.3 is 10.6 Å². The molecular weight excluding hydrogens is 202 g/mol. The fraction of sp³-hybridized carbons (Fsp3) is 0.417. The molecule has 4 heteroatoms. The van der Waals surface area contributed by atoms with E-state index in [1.54, 1.807) is 23.9 Å². The van der Waals surface area contributed by atoms with Gasteiger partial charge in [0, 0.05) is 26.3 Å². The monoisotopic (exact) mass is 219 g/mol. The SMILES string of the molecule is CN(C)C(=O)N1CCCc2c(N)cccc21. The van der Waals surface area contributed by atoms with E-state index in [-0.39, 0.29) is 6.03 Å². The Bertz CT molecular complexity index is 415. The molecule has 0 saturated heterocycles. The number of benzene rings is 1. The standard InChI is InChI=1S/C12H17N3O/c1-14(2)12(16)15-8-4-5-9-10(13)6-3-7-11(9)15/h3,6-7H,4-5,8,13H2,1-2H3. The van der Waals surface area contributed by atoms with Crippen LogP contribution in [0.2, 0.25) is 0 Å². The van der Waals surface area contributed by atoms with Gasteiger partial charge in [0.2, 0.25) is 0 Å². The number of anilines is 2. The third-order valence-electron chi connectivity index (χ3n) is 2.90. The van der Waals surface area contributed by atoms with Crippen molar-refractivity contribution in [1.29, 1.82) is 0 Å². The summed E-state index contributed by atoms with van der Waals surface area (Å²) in [6.07, 6.45) is 1.93. The zero-order valence-electron chi connectivity index (χ0n) is 9.73. The highest BCUT2D eigenvalue weighted by Gasteiger charge is 2.24. The summed E-state index contributed by atoms with van der Waals surface area (Å²) in [7, 11) is 3.53. The molecule has 2 N–H and O–H groups in total. The fourth-order valence-electron chi connectivity index (χ4n) is 2.09. The van der Waals surface area contributed by atoms with Crippen molar-refractivity contribution in [2.45, 2.75) is 12.8 Å². The molecule has 1 aromatic carbocycles. The Morgan fingerprint density at radius 1 is 1.44 bits per heavy atom. The van der Waals surface area contributed by atoms with E-state index in [1.165, 1.54) is 0 Å². The van der Waals surface area contributed by atoms with Gasteiger partial charge in [0.25, 0.3) is 0 Å². The van der Waals surface area contributed by atoms with Gasteiger partial charge in [0.15, 0.2) is 0 Å². The van der Waals surface area contributed by atoms with Gasteiger partial charge in [0.1, 0.15) is 0 Å². The maximum Gasteiger partial charge on any atom is 0.323 e. The summed E-state index contributed by atoms with van der Waals surface area (Å²) in [6, 6.07) is 5.77. The van der Waals surface area contributed by atoms with Gasteiger partial charge in [-0.1, -0.05) is 6.07 Å². The maximum absolute atomic E-state index is 12.0. The number of carbonyl (C=O) groups excluding carboxylic acids is 1. The molecule has 0 atom stereocenters. The highest BCUT2D eigenvalue weighted by molar-refractivity contribution is 5.94. The normalized spacial score (nSPS) is 14.5. The molecule has 16 heavy (non-hydrogen) atoms. The molecule has 2 rings (SSSR count). The second-order valence-electron chi connectivity index (χ2n) is 4.28. The van der Waals surface area contributed by atoms with E-state index in [9.17, 15) is 4.79 Å². The lowest BCUT2D eigenvalue weighted by Crippen LogP contribution is -2.42. The molecule has 0 unspecified atom stereocenters. The Hall–Kier alpha value is -1.71. The van der Waals surface area contributed by atoms with Gasteiger partial charge in [-0.05, 0) is 30.5 Å². The highest BCUT2D eigenvalue weighted by Crippen LogP contribution is 2.31. The van der Waals surface area contributed by atoms with Crippen molar-refractivity contribution in [2.75, 3.05) is 31.3 Å². The average molecular weight is 219 g/mol. The van der Waals surface area contributed by atoms with Gasteiger partial charge in [0.05, 0.1) is 5.69 Å². The van der Waals surface area contributed by atoms with E-state index in [4.69, 9.17) is 5.73 Å². The Labute approximate surface area is 95.6 Å². The summed E-state index contributed by atoms with van der Waals surface area (Å²) in [5, 5.41) is 0. The topological polar surface area (TPSA) is 49.6 Å². The Balaban J connectivity index is 2.41. The number of hydrogen-bond acceptors (Lipinski definition) is 2. The summed E-state index contributed by atoms with van der Waals surface area (Å²) in [6.45, 7) is 0.771. The van der Waals surface area contributed by atoms with Crippen molar-refractivity contribution in [3.8, 4) is 0 Å². The van der Waals surface area contributed by atoms with E-state index < -0.39 is 0 Å². The van der Waals surface area contributed by atoms with Crippen LogP contribution in [0.1, 0.15) is 12.0 Å². The Kier molecular flexibility index (Phi) is 2.73. The van der Waals surface area contributed by atoms with Crippen LogP contribution in [-0.2, 0) is 6.42 Å². The van der Waals surface area contributed by atoms with Gasteiger partial charge in [-0.2, -0.15) is 0 Å². The number of carbonyl (C=O) groups is 1. The summed E-state index contributed by atoms with van der Waals surface area (Å²) < 4.78 is 0. The molecule has 2 amide bonds. The lowest BCUT2D eigenvalue weighted by atomic mass is 10.0. The summed E-state index contributed by atoms with van der Waals surface area (Å²) in [4.78, 5) is 15.4. The van der Waals surface area contributed by atoms with Crippen molar-refractivity contribution in [2.24, 2.45) is 0 Å². The first-order valence-electron chi connectivity index (χ1n) is 5.47. The number of amides is 2. The maximum atomic E-state index is 12.0. The zero-order chi connectivity index (χ0) is 11.7. The van der Waals surface area contributed by atoms with E-state index in [1.807, 2.05) is 18.2 Å². The molecule has 0 saturated carbocycles. The first-order chi connectivity index (χ1) is 7.61. The fourth-order valence-corrected chi connectivity index (χ4v) is 2.09. The van der Waals surface area contributed by atoms with Crippen LogP contribution in [0.5, 0.6) is 0 Å². The molecule has 0 radical (unpaired) electrons. The van der Waals surface area contributed by atoms with Crippen molar-refractivity contribution < 1.29 is 4.79 Å². The average Bonchev–Trinajstić information content (AvgIpc) is 2.28. The third kappa shape index (κ3) is 1.71. The van der Waals surface area contributed by atoms with Crippen LogP contribution in [0.3, 0.4) is 0 Å². The van der Waals surface area contributed by atoms with Gasteiger partial charge in [-0.15, -0.1) is 0 Å². The zero-order valence-corrected chi connectivity index (χ0v) is 9.73. The molecule has 0 fully saturated rings. The number of hydrogen-bond donors (Lipinski definition) is 1. The van der Waals surface area contributed by atoms with Crippen LogP contribution in [0, 0.1) is 0 Å². The third-order valence-corrected chi connectivity index (χ3v) is 2.90. The molecule has 4 nitrogen and oxygen atoms in total. The molecule has 0 spiro atoms. The summed E-state index contributed by atoms with van der Waals surface area (Å²) in [5.41, 5.74) is 8.78. The summed E-state index contributed by atoms with van der Waals surface area (Å²) in [5.74, 6) is 0. The first kappa shape index (κ1) is 10.8. The minimum atomic E-state index is 0.0200. The van der Waals surface area contributed by atoms with Crippen molar-refractivity contribution in [1.82, 2.24) is 4.90 Å². The number of nitrogens with zero attached hydrogens (tertiary/aromatic N) is 2. The van der Waals surface area contributed by atoms with Crippen LogP contribution >= 0.6 is 0 Å². The molecular formula is C12H17N3O. The van der Waals surface area contributed by atoms with Crippen LogP contribution in [0.4, 0.5) is 16.2 Å². The molecule has 1 aliphatic rings. The molecule has 1 aliphatic heterocycles. The van der Waals surface area contributed by atoms with Crippen molar-refractivity contribution in [3.63, 3.8) is 0 Å². The number of urea groups is 1. The molecule has 0 bridgehead atoms. The van der Waals surface area contributed by atoms with Crippen LogP contribution < -0.4 is 10.6 Å². The smallest absolute Gasteiger partial charge is 0.323 e. The largest absolute Gasteiger partial charge is 0.398 e. The van der Waals surface area contributed by atoms with Crippen LogP contribution in [-0.4, -0.2) is 31.6 Å². The van der Waals surface area contributed by atoms with Crippen LogP contribution in [0.15, 0.2) is 18.2 Å². The lowest BCUT2D eigenvalue weighted by molar-refractivity contribution is 0.223. The molecule has 1 heterocycles. The second kappa shape index (κ2) is 4.04. The lowest BCUT2D eigenvalue weighted by Gasteiger charge is -2.32. The van der Waals surface area contributed by atoms with E-state index in [0.717, 1.165) is 36.3 Å². The first-order valence-corrected chi connectivity index (χ1v) is 5.47. The molecule has 1 aromatic rings. The predicted octanol–water partition coefficient (Wildman–Crippen LogP) is 1.70. The minimum absolute atomic E-state index is 0.0200. The number of nitrogen functional groups attached to an aromatic ring is 1. The highest BCUT2D eigenvalue weighted by atomic mass is 16.2. The Morgan fingerprint density at radius 3 is 2.88 bits per heavy atom. The number of nitrogens with two attached hydrogens (primary N) is 1. The minimum Gasteiger partial charge on any atom is -0.398 e. The van der Waals surface area contributed by atoms with Gasteiger partial charge in [-0.25, -0.2) is 4.79 Å².